The second-order valence-corrected chi connectivity index (χ2v) is 19.7. The SMILES string of the molecule is C=C[C@@H]1C[C@]1(CC(=O)[C@@H]1C[C@@H](Oc2cc(-c3ccccn3)nc3c(Cl)c(OC)ccc23)CN1C(=O)[C@@H](CC(=O)N1CCCC(F)C1)C(C)(C)C)C(=O)NS(=O)(=O)C1CC1. The lowest BCUT2D eigenvalue weighted by Gasteiger charge is -2.37. The summed E-state index contributed by atoms with van der Waals surface area (Å²) < 4.78 is 54.5. The maximum absolute atomic E-state index is 14.9. The molecule has 0 spiro atoms. The molecule has 7 rings (SSSR count). The number of carbonyl (C=O) groups is 4. The number of benzene rings is 1. The average Bonchev–Trinajstić information content (AvgIpc) is 4.13. The molecule has 13 nitrogen and oxygen atoms in total. The number of ketones is 1. The predicted molar refractivity (Wildman–Crippen MR) is 220 cm³/mol. The largest absolute Gasteiger partial charge is 0.495 e. The molecule has 0 bridgehead atoms. The van der Waals surface area contributed by atoms with E-state index in [1.165, 1.54) is 16.9 Å². The first kappa shape index (κ1) is 42.5. The number of alkyl halides is 1. The number of piperidine rings is 1. The van der Waals surface area contributed by atoms with Crippen LogP contribution in [0.3, 0.4) is 0 Å². The van der Waals surface area contributed by atoms with Crippen LogP contribution in [0.2, 0.25) is 5.02 Å². The summed E-state index contributed by atoms with van der Waals surface area (Å²) >= 11 is 6.79. The van der Waals surface area contributed by atoms with Crippen LogP contribution in [0, 0.1) is 22.7 Å². The third-order valence-electron chi connectivity index (χ3n) is 12.2. The second kappa shape index (κ2) is 16.4. The molecule has 2 saturated heterocycles. The molecular weight excluding hydrogens is 801 g/mol. The van der Waals surface area contributed by atoms with Gasteiger partial charge in [-0.25, -0.2) is 17.8 Å². The van der Waals surface area contributed by atoms with Crippen molar-refractivity contribution in [3.63, 3.8) is 0 Å². The third-order valence-corrected chi connectivity index (χ3v) is 14.4. The number of rotatable bonds is 14. The van der Waals surface area contributed by atoms with Crippen LogP contribution in [0.15, 0.2) is 55.3 Å². The molecule has 59 heavy (non-hydrogen) atoms. The highest BCUT2D eigenvalue weighted by atomic mass is 35.5. The lowest BCUT2D eigenvalue weighted by Crippen LogP contribution is -2.50. The Hall–Kier alpha value is -4.63. The Kier molecular flexibility index (Phi) is 11.8. The fraction of sp³-hybridized carbons (Fsp3) is 0.535. The smallest absolute Gasteiger partial charge is 0.240 e. The molecule has 316 valence electrons. The van der Waals surface area contributed by atoms with Gasteiger partial charge in [0.1, 0.15) is 28.8 Å². The first-order valence-electron chi connectivity index (χ1n) is 20.1. The zero-order valence-corrected chi connectivity index (χ0v) is 35.4. The minimum atomic E-state index is -3.90. The standard InChI is InChI=1S/C43H51ClFN5O8S/c1-6-25-21-43(25,41(54)48-59(55,56)28-12-13-28)22-34(51)33-18-27(24-50(33)40(53)30(42(2,3)4)19-37(52)49-17-9-10-26(45)23-49)58-36-20-32(31-11-7-8-16-46-31)47-39-29(36)14-15-35(57-5)38(39)44/h6-8,11,14-16,20,25-28,30,33H,1,9-10,12-13,17-19,21-24H2,2-5H3,(H,48,54)/t25-,26?,27-,30-,33+,43-/m1/s1. The minimum Gasteiger partial charge on any atom is -0.495 e. The number of nitrogens with one attached hydrogen (secondary N) is 1. The lowest BCUT2D eigenvalue weighted by atomic mass is 9.77. The number of methoxy groups -OCH3 is 1. The van der Waals surface area contributed by atoms with E-state index in [0.29, 0.717) is 66.0 Å². The van der Waals surface area contributed by atoms with E-state index in [2.05, 4.69) is 16.3 Å². The molecule has 6 atom stereocenters. The molecule has 4 heterocycles. The number of pyridine rings is 2. The zero-order valence-electron chi connectivity index (χ0n) is 33.8. The zero-order chi connectivity index (χ0) is 42.4. The molecular formula is C43H51ClFN5O8S. The Morgan fingerprint density at radius 1 is 1.10 bits per heavy atom. The van der Waals surface area contributed by atoms with E-state index in [9.17, 15) is 32.0 Å². The van der Waals surface area contributed by atoms with Gasteiger partial charge in [-0.3, -0.25) is 28.9 Å². The molecule has 3 aromatic rings. The number of amides is 3. The number of nitrogens with zero attached hydrogens (tertiary/aromatic N) is 4. The van der Waals surface area contributed by atoms with E-state index in [0.717, 1.165) is 0 Å². The number of fused-ring (bicyclic) bond motifs is 1. The Morgan fingerprint density at radius 2 is 1.86 bits per heavy atom. The van der Waals surface area contributed by atoms with Crippen LogP contribution in [0.25, 0.3) is 22.3 Å². The second-order valence-electron chi connectivity index (χ2n) is 17.4. The average molecular weight is 852 g/mol. The molecule has 2 aliphatic heterocycles. The number of Topliss-reactive ketones (excluding diaryl/α,β-unsaturated/α-hetero) is 1. The van der Waals surface area contributed by atoms with Crippen LogP contribution >= 0.6 is 11.6 Å². The maximum atomic E-state index is 14.9. The minimum absolute atomic E-state index is 0.0357. The first-order valence-corrected chi connectivity index (χ1v) is 22.1. The van der Waals surface area contributed by atoms with Gasteiger partial charge in [0, 0.05) is 43.5 Å². The highest BCUT2D eigenvalue weighted by Gasteiger charge is 2.61. The summed E-state index contributed by atoms with van der Waals surface area (Å²) in [6, 6.07) is 9.48. The van der Waals surface area contributed by atoms with Crippen molar-refractivity contribution in [2.75, 3.05) is 26.7 Å². The molecule has 2 aliphatic carbocycles. The van der Waals surface area contributed by atoms with Gasteiger partial charge in [0.05, 0.1) is 59.7 Å². The quantitative estimate of drug-likeness (QED) is 0.188. The molecule has 1 N–H and O–H groups in total. The highest BCUT2D eigenvalue weighted by molar-refractivity contribution is 7.90. The molecule has 2 aromatic heterocycles. The topological polar surface area (TPSA) is 165 Å². The Morgan fingerprint density at radius 3 is 2.49 bits per heavy atom. The van der Waals surface area contributed by atoms with Gasteiger partial charge in [0.15, 0.2) is 5.78 Å². The van der Waals surface area contributed by atoms with Gasteiger partial charge in [-0.15, -0.1) is 6.58 Å². The van der Waals surface area contributed by atoms with Crippen molar-refractivity contribution in [2.45, 2.75) is 95.7 Å². The highest BCUT2D eigenvalue weighted by Crippen LogP contribution is 2.57. The summed E-state index contributed by atoms with van der Waals surface area (Å²) in [6.45, 7) is 9.68. The van der Waals surface area contributed by atoms with E-state index >= 15 is 0 Å². The summed E-state index contributed by atoms with van der Waals surface area (Å²) in [7, 11) is -2.40. The fourth-order valence-electron chi connectivity index (χ4n) is 8.45. The first-order chi connectivity index (χ1) is 27.9. The summed E-state index contributed by atoms with van der Waals surface area (Å²) in [5, 5.41) is 0.161. The summed E-state index contributed by atoms with van der Waals surface area (Å²) in [4.78, 5) is 69.1. The van der Waals surface area contributed by atoms with Gasteiger partial charge >= 0.3 is 0 Å². The molecule has 4 aliphatic rings. The van der Waals surface area contributed by atoms with Gasteiger partial charge < -0.3 is 19.3 Å². The van der Waals surface area contributed by atoms with Crippen molar-refractivity contribution in [2.24, 2.45) is 22.7 Å². The molecule has 1 unspecified atom stereocenters. The summed E-state index contributed by atoms with van der Waals surface area (Å²) in [5.74, 6) is -2.56. The summed E-state index contributed by atoms with van der Waals surface area (Å²) in [5.41, 5.74) is -0.699. The number of hydrogen-bond acceptors (Lipinski definition) is 10. The van der Waals surface area contributed by atoms with Gasteiger partial charge in [-0.2, -0.15) is 0 Å². The van der Waals surface area contributed by atoms with Gasteiger partial charge in [0.25, 0.3) is 0 Å². The van der Waals surface area contributed by atoms with E-state index in [-0.39, 0.29) is 49.7 Å². The number of hydrogen-bond donors (Lipinski definition) is 1. The Bertz CT molecular complexity index is 2270. The van der Waals surface area contributed by atoms with Gasteiger partial charge in [-0.05, 0) is 67.7 Å². The van der Waals surface area contributed by atoms with Crippen LogP contribution in [-0.2, 0) is 29.2 Å². The van der Waals surface area contributed by atoms with E-state index in [4.69, 9.17) is 26.1 Å². The van der Waals surface area contributed by atoms with Crippen molar-refractivity contribution < 1.29 is 41.5 Å². The van der Waals surface area contributed by atoms with Crippen LogP contribution in [0.5, 0.6) is 11.5 Å². The Labute approximate surface area is 349 Å². The number of likely N-dealkylation sites (tertiary alicyclic amines) is 2. The number of sulfonamides is 1. The predicted octanol–water partition coefficient (Wildman–Crippen LogP) is 6.08. The van der Waals surface area contributed by atoms with Gasteiger partial charge in [0.2, 0.25) is 27.7 Å². The van der Waals surface area contributed by atoms with Crippen molar-refractivity contribution in [3.8, 4) is 22.9 Å². The van der Waals surface area contributed by atoms with Crippen molar-refractivity contribution in [1.82, 2.24) is 24.5 Å². The van der Waals surface area contributed by atoms with Crippen molar-refractivity contribution >= 4 is 56.0 Å². The summed E-state index contributed by atoms with van der Waals surface area (Å²) in [6.07, 6.45) is 2.84. The molecule has 2 saturated carbocycles. The molecule has 3 amide bonds. The van der Waals surface area contributed by atoms with Crippen molar-refractivity contribution in [3.05, 3.63) is 60.3 Å². The molecule has 4 fully saturated rings. The third kappa shape index (κ3) is 8.82. The normalized spacial score (nSPS) is 25.0. The Balaban J connectivity index is 1.23. The lowest BCUT2D eigenvalue weighted by molar-refractivity contribution is -0.148. The van der Waals surface area contributed by atoms with Crippen LogP contribution in [0.4, 0.5) is 4.39 Å². The van der Waals surface area contributed by atoms with Gasteiger partial charge in [-0.1, -0.05) is 44.5 Å². The van der Waals surface area contributed by atoms with Crippen LogP contribution < -0.4 is 14.2 Å². The number of allylic oxidation sites excluding steroid dienone is 1. The monoisotopic (exact) mass is 851 g/mol. The number of halogens is 2. The van der Waals surface area contributed by atoms with E-state index < -0.39 is 73.9 Å². The maximum Gasteiger partial charge on any atom is 0.240 e. The molecule has 1 aromatic carbocycles. The van der Waals surface area contributed by atoms with E-state index in [1.54, 1.807) is 42.6 Å². The van der Waals surface area contributed by atoms with Crippen LogP contribution in [-0.4, -0.2) is 102 Å². The number of aromatic nitrogens is 2. The molecule has 0 radical (unpaired) electrons. The van der Waals surface area contributed by atoms with Crippen molar-refractivity contribution in [1.29, 1.82) is 0 Å². The van der Waals surface area contributed by atoms with E-state index in [1.807, 2.05) is 26.8 Å². The fourth-order valence-corrected chi connectivity index (χ4v) is 10.1. The number of ether oxygens (including phenoxy) is 2. The number of carbonyl (C=O) groups excluding carboxylic acids is 4. The van der Waals surface area contributed by atoms with Crippen LogP contribution in [0.1, 0.15) is 72.1 Å². The molecule has 16 heteroatoms.